The molecule has 7 nitrogen and oxygen atoms in total. The van der Waals surface area contributed by atoms with Crippen LogP contribution in [0.15, 0.2) is 42.5 Å². The molecule has 1 saturated heterocycles. The number of amides is 4. The molecule has 0 aliphatic carbocycles. The number of ether oxygens (including phenoxy) is 1. The number of fused-ring (bicyclic) bond motifs is 1. The van der Waals surface area contributed by atoms with Gasteiger partial charge in [-0.05, 0) is 22.9 Å². The molecule has 1 heterocycles. The van der Waals surface area contributed by atoms with E-state index in [1.54, 1.807) is 0 Å². The van der Waals surface area contributed by atoms with Crippen molar-refractivity contribution in [2.24, 2.45) is 0 Å². The molecule has 2 aromatic carbocycles. The Hall–Kier alpha value is -3.09. The fraction of sp³-hybridized carbons (Fsp3) is 0.235. The summed E-state index contributed by atoms with van der Waals surface area (Å²) >= 11 is 0. The van der Waals surface area contributed by atoms with E-state index in [1.807, 2.05) is 42.5 Å². The number of imide groups is 1. The summed E-state index contributed by atoms with van der Waals surface area (Å²) < 4.78 is 5.61. The highest BCUT2D eigenvalue weighted by Crippen LogP contribution is 2.20. The van der Waals surface area contributed by atoms with Gasteiger partial charge in [-0.2, -0.15) is 0 Å². The highest BCUT2D eigenvalue weighted by Gasteiger charge is 2.27. The minimum absolute atomic E-state index is 0.0835. The van der Waals surface area contributed by atoms with Gasteiger partial charge in [0.25, 0.3) is 0 Å². The van der Waals surface area contributed by atoms with Gasteiger partial charge in [0.15, 0.2) is 0 Å². The summed E-state index contributed by atoms with van der Waals surface area (Å²) in [4.78, 5) is 35.3. The number of hydrogen-bond donors (Lipinski definition) is 2. The van der Waals surface area contributed by atoms with Crippen LogP contribution in [0.25, 0.3) is 10.8 Å². The maximum atomic E-state index is 11.7. The molecule has 7 heteroatoms. The Morgan fingerprint density at radius 3 is 2.71 bits per heavy atom. The molecular formula is C17H17N3O4. The summed E-state index contributed by atoms with van der Waals surface area (Å²) in [7, 11) is 0. The third-order valence-corrected chi connectivity index (χ3v) is 3.62. The van der Waals surface area contributed by atoms with Crippen LogP contribution >= 0.6 is 0 Å². The van der Waals surface area contributed by atoms with Gasteiger partial charge in [-0.15, -0.1) is 0 Å². The van der Waals surface area contributed by atoms with Crippen LogP contribution in [0, 0.1) is 0 Å². The molecule has 1 fully saturated rings. The lowest BCUT2D eigenvalue weighted by molar-refractivity contribution is -0.122. The van der Waals surface area contributed by atoms with Crippen molar-refractivity contribution in [3.05, 3.63) is 42.5 Å². The van der Waals surface area contributed by atoms with Crippen molar-refractivity contribution in [2.75, 3.05) is 26.2 Å². The number of urea groups is 1. The first-order valence-electron chi connectivity index (χ1n) is 7.59. The molecule has 2 N–H and O–H groups in total. The maximum Gasteiger partial charge on any atom is 0.325 e. The Morgan fingerprint density at radius 2 is 1.96 bits per heavy atom. The lowest BCUT2D eigenvalue weighted by atomic mass is 10.1. The monoisotopic (exact) mass is 327 g/mol. The van der Waals surface area contributed by atoms with Crippen LogP contribution in [-0.4, -0.2) is 49.0 Å². The fourth-order valence-electron chi connectivity index (χ4n) is 2.46. The first kappa shape index (κ1) is 15.8. The normalized spacial score (nSPS) is 13.9. The smallest absolute Gasteiger partial charge is 0.325 e. The predicted octanol–water partition coefficient (Wildman–Crippen LogP) is 0.887. The van der Waals surface area contributed by atoms with Crippen molar-refractivity contribution in [2.45, 2.75) is 0 Å². The molecule has 24 heavy (non-hydrogen) atoms. The Kier molecular flexibility index (Phi) is 4.60. The molecule has 0 aromatic heterocycles. The van der Waals surface area contributed by atoms with Crippen LogP contribution in [-0.2, 0) is 9.59 Å². The summed E-state index contributed by atoms with van der Waals surface area (Å²) in [6, 6.07) is 13.2. The molecule has 0 saturated carbocycles. The van der Waals surface area contributed by atoms with E-state index in [2.05, 4.69) is 10.6 Å². The molecule has 124 valence electrons. The third kappa shape index (κ3) is 3.81. The average Bonchev–Trinajstić information content (AvgIpc) is 2.89. The van der Waals surface area contributed by atoms with Crippen molar-refractivity contribution >= 4 is 28.6 Å². The predicted molar refractivity (Wildman–Crippen MR) is 87.6 cm³/mol. The summed E-state index contributed by atoms with van der Waals surface area (Å²) in [5.74, 6) is 0.00173. The van der Waals surface area contributed by atoms with Crippen LogP contribution in [0.1, 0.15) is 0 Å². The van der Waals surface area contributed by atoms with Gasteiger partial charge in [0.2, 0.25) is 11.8 Å². The van der Waals surface area contributed by atoms with Gasteiger partial charge < -0.3 is 15.0 Å². The van der Waals surface area contributed by atoms with Gasteiger partial charge >= 0.3 is 6.03 Å². The minimum Gasteiger partial charge on any atom is -0.492 e. The van der Waals surface area contributed by atoms with Crippen LogP contribution in [0.5, 0.6) is 5.75 Å². The van der Waals surface area contributed by atoms with E-state index in [4.69, 9.17) is 4.74 Å². The second kappa shape index (κ2) is 6.99. The van der Waals surface area contributed by atoms with Crippen molar-refractivity contribution in [3.8, 4) is 5.75 Å². The van der Waals surface area contributed by atoms with Gasteiger partial charge in [-0.3, -0.25) is 14.9 Å². The SMILES string of the molecule is O=C(CN1CC(=O)NC1=O)NCCOc1ccc2ccccc2c1. The summed E-state index contributed by atoms with van der Waals surface area (Å²) in [6.45, 7) is 0.400. The van der Waals surface area contributed by atoms with Crippen LogP contribution in [0.3, 0.4) is 0 Å². The second-order valence-corrected chi connectivity index (χ2v) is 5.42. The average molecular weight is 327 g/mol. The molecule has 0 atom stereocenters. The van der Waals surface area contributed by atoms with Gasteiger partial charge in [0, 0.05) is 0 Å². The number of hydrogen-bond acceptors (Lipinski definition) is 4. The first-order chi connectivity index (χ1) is 11.6. The molecule has 0 spiro atoms. The van der Waals surface area contributed by atoms with E-state index in [0.29, 0.717) is 13.2 Å². The summed E-state index contributed by atoms with van der Waals surface area (Å²) in [6.07, 6.45) is 0. The van der Waals surface area contributed by atoms with E-state index in [9.17, 15) is 14.4 Å². The van der Waals surface area contributed by atoms with Crippen LogP contribution in [0.4, 0.5) is 4.79 Å². The Morgan fingerprint density at radius 1 is 1.17 bits per heavy atom. The lowest BCUT2D eigenvalue weighted by Crippen LogP contribution is -2.40. The zero-order valence-corrected chi connectivity index (χ0v) is 13.0. The molecule has 0 unspecified atom stereocenters. The number of carbonyl (C=O) groups excluding carboxylic acids is 3. The van der Waals surface area contributed by atoms with E-state index >= 15 is 0 Å². The Labute approximate surface area is 138 Å². The Bertz CT molecular complexity index is 790. The highest BCUT2D eigenvalue weighted by atomic mass is 16.5. The van der Waals surface area contributed by atoms with Gasteiger partial charge in [0.1, 0.15) is 25.4 Å². The number of rotatable bonds is 6. The zero-order valence-electron chi connectivity index (χ0n) is 13.0. The molecule has 0 bridgehead atoms. The number of nitrogens with zero attached hydrogens (tertiary/aromatic N) is 1. The lowest BCUT2D eigenvalue weighted by Gasteiger charge is -2.13. The maximum absolute atomic E-state index is 11.7. The van der Waals surface area contributed by atoms with E-state index in [0.717, 1.165) is 21.4 Å². The largest absolute Gasteiger partial charge is 0.492 e. The van der Waals surface area contributed by atoms with Crippen molar-refractivity contribution in [1.29, 1.82) is 0 Å². The molecular weight excluding hydrogens is 310 g/mol. The van der Waals surface area contributed by atoms with Crippen molar-refractivity contribution in [1.82, 2.24) is 15.5 Å². The number of nitrogens with one attached hydrogen (secondary N) is 2. The quantitative estimate of drug-likeness (QED) is 0.609. The van der Waals surface area contributed by atoms with E-state index in [1.165, 1.54) is 0 Å². The topological polar surface area (TPSA) is 87.7 Å². The molecule has 2 aromatic rings. The number of benzene rings is 2. The standard InChI is InChI=1S/C17H17N3O4/c21-15(10-20-11-16(22)19-17(20)23)18-7-8-24-14-6-5-12-3-1-2-4-13(12)9-14/h1-6,9H,7-8,10-11H2,(H,18,21)(H,19,22,23). The Balaban J connectivity index is 1.42. The van der Waals surface area contributed by atoms with E-state index in [-0.39, 0.29) is 19.0 Å². The zero-order chi connectivity index (χ0) is 16.9. The van der Waals surface area contributed by atoms with Gasteiger partial charge in [-0.25, -0.2) is 4.79 Å². The minimum atomic E-state index is -0.539. The first-order valence-corrected chi connectivity index (χ1v) is 7.59. The van der Waals surface area contributed by atoms with E-state index < -0.39 is 11.9 Å². The second-order valence-electron chi connectivity index (χ2n) is 5.42. The van der Waals surface area contributed by atoms with Gasteiger partial charge in [-0.1, -0.05) is 30.3 Å². The summed E-state index contributed by atoms with van der Waals surface area (Å²) in [5, 5.41) is 7.00. The molecule has 1 aliphatic rings. The van der Waals surface area contributed by atoms with Gasteiger partial charge in [0.05, 0.1) is 6.54 Å². The number of carbonyl (C=O) groups is 3. The molecule has 4 amide bonds. The highest BCUT2D eigenvalue weighted by molar-refractivity contribution is 6.03. The third-order valence-electron chi connectivity index (χ3n) is 3.62. The fourth-order valence-corrected chi connectivity index (χ4v) is 2.46. The molecule has 3 rings (SSSR count). The van der Waals surface area contributed by atoms with Crippen molar-refractivity contribution in [3.63, 3.8) is 0 Å². The van der Waals surface area contributed by atoms with Crippen LogP contribution in [0.2, 0.25) is 0 Å². The van der Waals surface area contributed by atoms with Crippen LogP contribution < -0.4 is 15.4 Å². The summed E-state index contributed by atoms with van der Waals surface area (Å²) in [5.41, 5.74) is 0. The van der Waals surface area contributed by atoms with Crippen molar-refractivity contribution < 1.29 is 19.1 Å². The molecule has 1 aliphatic heterocycles. The molecule has 0 radical (unpaired) electrons.